The van der Waals surface area contributed by atoms with E-state index in [0.717, 1.165) is 35.5 Å². The SMILES string of the molecule is COc1ccc(-n2c(SC(C)C(=O)Nc3ccc4c(c3)CCC4)nnc2-c2ccncc2)cc1. The summed E-state index contributed by atoms with van der Waals surface area (Å²) in [5.74, 6) is 1.37. The van der Waals surface area contributed by atoms with Crippen LogP contribution in [0.3, 0.4) is 0 Å². The van der Waals surface area contributed by atoms with Crippen molar-refractivity contribution in [1.29, 1.82) is 0 Å². The van der Waals surface area contributed by atoms with Crippen molar-refractivity contribution in [2.45, 2.75) is 36.6 Å². The molecular formula is C26H25N5O2S. The summed E-state index contributed by atoms with van der Waals surface area (Å²) in [7, 11) is 1.64. The molecule has 1 aliphatic carbocycles. The number of carbonyl (C=O) groups excluding carboxylic acids is 1. The number of methoxy groups -OCH3 is 1. The van der Waals surface area contributed by atoms with Crippen LogP contribution in [0.2, 0.25) is 0 Å². The number of ether oxygens (including phenoxy) is 1. The maximum atomic E-state index is 13.0. The van der Waals surface area contributed by atoms with Gasteiger partial charge in [0.1, 0.15) is 5.75 Å². The van der Waals surface area contributed by atoms with E-state index in [-0.39, 0.29) is 11.2 Å². The van der Waals surface area contributed by atoms with E-state index in [1.54, 1.807) is 19.5 Å². The highest BCUT2D eigenvalue weighted by atomic mass is 32.2. The molecule has 1 aliphatic rings. The van der Waals surface area contributed by atoms with Gasteiger partial charge in [0.2, 0.25) is 5.91 Å². The average Bonchev–Trinajstić information content (AvgIpc) is 3.51. The summed E-state index contributed by atoms with van der Waals surface area (Å²) in [5, 5.41) is 12.2. The number of nitrogens with zero attached hydrogens (tertiary/aromatic N) is 4. The predicted octanol–water partition coefficient (Wildman–Crippen LogP) is 4.95. The van der Waals surface area contributed by atoms with Crippen LogP contribution in [0.15, 0.2) is 72.1 Å². The van der Waals surface area contributed by atoms with E-state index in [0.29, 0.717) is 11.0 Å². The number of hydrogen-bond acceptors (Lipinski definition) is 6. The minimum absolute atomic E-state index is 0.0716. The summed E-state index contributed by atoms with van der Waals surface area (Å²) in [6.07, 6.45) is 6.83. The minimum atomic E-state index is -0.375. The van der Waals surface area contributed by atoms with Gasteiger partial charge < -0.3 is 10.1 Å². The van der Waals surface area contributed by atoms with E-state index in [2.05, 4.69) is 32.6 Å². The van der Waals surface area contributed by atoms with Gasteiger partial charge in [-0.15, -0.1) is 10.2 Å². The molecule has 0 saturated heterocycles. The van der Waals surface area contributed by atoms with E-state index in [9.17, 15) is 4.79 Å². The summed E-state index contributed by atoms with van der Waals surface area (Å²) in [6.45, 7) is 1.88. The second kappa shape index (κ2) is 9.69. The van der Waals surface area contributed by atoms with Crippen LogP contribution in [-0.4, -0.2) is 38.0 Å². The van der Waals surface area contributed by atoms with Gasteiger partial charge in [-0.25, -0.2) is 0 Å². The van der Waals surface area contributed by atoms with E-state index in [4.69, 9.17) is 4.74 Å². The molecule has 1 unspecified atom stereocenters. The number of pyridine rings is 1. The van der Waals surface area contributed by atoms with Crippen molar-refractivity contribution in [3.8, 4) is 22.8 Å². The molecule has 1 atom stereocenters. The minimum Gasteiger partial charge on any atom is -0.497 e. The molecule has 1 N–H and O–H groups in total. The summed E-state index contributed by atoms with van der Waals surface area (Å²) in [6, 6.07) is 17.7. The number of carbonyl (C=O) groups is 1. The lowest BCUT2D eigenvalue weighted by molar-refractivity contribution is -0.115. The molecule has 5 rings (SSSR count). The molecule has 2 aromatic heterocycles. The number of benzene rings is 2. The van der Waals surface area contributed by atoms with Crippen LogP contribution in [-0.2, 0) is 17.6 Å². The zero-order valence-corrected chi connectivity index (χ0v) is 19.9. The Morgan fingerprint density at radius 1 is 1.03 bits per heavy atom. The number of aromatic nitrogens is 4. The molecule has 0 fully saturated rings. The second-order valence-corrected chi connectivity index (χ2v) is 9.47. The van der Waals surface area contributed by atoms with Crippen LogP contribution >= 0.6 is 11.8 Å². The van der Waals surface area contributed by atoms with Gasteiger partial charge in [0.15, 0.2) is 11.0 Å². The molecular weight excluding hydrogens is 446 g/mol. The van der Waals surface area contributed by atoms with Crippen LogP contribution < -0.4 is 10.1 Å². The summed E-state index contributed by atoms with van der Waals surface area (Å²) >= 11 is 1.37. The standard InChI is InChI=1S/C26H25N5O2S/c1-17(25(32)28-21-7-6-18-4-3-5-20(18)16-21)34-26-30-29-24(19-12-14-27-15-13-19)31(26)22-8-10-23(33-2)11-9-22/h6-17H,3-5H2,1-2H3,(H,28,32). The Morgan fingerprint density at radius 2 is 1.79 bits per heavy atom. The quantitative estimate of drug-likeness (QED) is 0.384. The topological polar surface area (TPSA) is 81.9 Å². The van der Waals surface area contributed by atoms with Gasteiger partial charge in [0.25, 0.3) is 0 Å². The Balaban J connectivity index is 1.41. The Labute approximate surface area is 202 Å². The largest absolute Gasteiger partial charge is 0.497 e. The maximum Gasteiger partial charge on any atom is 0.237 e. The van der Waals surface area contributed by atoms with Crippen LogP contribution in [0.1, 0.15) is 24.5 Å². The van der Waals surface area contributed by atoms with E-state index < -0.39 is 0 Å². The van der Waals surface area contributed by atoms with Gasteiger partial charge in [0, 0.05) is 29.3 Å². The summed E-state index contributed by atoms with van der Waals surface area (Å²) in [4.78, 5) is 17.1. The third-order valence-corrected chi connectivity index (χ3v) is 6.96. The van der Waals surface area contributed by atoms with E-state index in [1.807, 2.05) is 54.0 Å². The molecule has 4 aromatic rings. The molecule has 34 heavy (non-hydrogen) atoms. The Kier molecular flexibility index (Phi) is 6.31. The molecule has 0 saturated carbocycles. The summed E-state index contributed by atoms with van der Waals surface area (Å²) < 4.78 is 7.26. The first-order chi connectivity index (χ1) is 16.6. The van der Waals surface area contributed by atoms with Crippen molar-refractivity contribution in [2.24, 2.45) is 0 Å². The molecule has 0 spiro atoms. The first-order valence-corrected chi connectivity index (χ1v) is 12.1. The number of rotatable bonds is 7. The fraction of sp³-hybridized carbons (Fsp3) is 0.231. The highest BCUT2D eigenvalue weighted by Crippen LogP contribution is 2.31. The zero-order valence-electron chi connectivity index (χ0n) is 19.1. The maximum absolute atomic E-state index is 13.0. The molecule has 1 amide bonds. The molecule has 0 aliphatic heterocycles. The van der Waals surface area contributed by atoms with Gasteiger partial charge in [-0.05, 0) is 85.8 Å². The first kappa shape index (κ1) is 22.2. The first-order valence-electron chi connectivity index (χ1n) is 11.2. The van der Waals surface area contributed by atoms with Crippen molar-refractivity contribution < 1.29 is 9.53 Å². The lowest BCUT2D eigenvalue weighted by Gasteiger charge is -2.15. The second-order valence-electron chi connectivity index (χ2n) is 8.16. The number of aryl methyl sites for hydroxylation is 2. The molecule has 2 heterocycles. The van der Waals surface area contributed by atoms with Gasteiger partial charge >= 0.3 is 0 Å². The lowest BCUT2D eigenvalue weighted by atomic mass is 10.1. The van der Waals surface area contributed by atoms with Crippen molar-refractivity contribution >= 4 is 23.4 Å². The molecule has 2 aromatic carbocycles. The van der Waals surface area contributed by atoms with Crippen molar-refractivity contribution in [3.63, 3.8) is 0 Å². The number of nitrogens with one attached hydrogen (secondary N) is 1. The lowest BCUT2D eigenvalue weighted by Crippen LogP contribution is -2.23. The zero-order chi connectivity index (χ0) is 23.5. The van der Waals surface area contributed by atoms with E-state index in [1.165, 1.54) is 29.3 Å². The fourth-order valence-electron chi connectivity index (χ4n) is 4.10. The third kappa shape index (κ3) is 4.54. The molecule has 8 heteroatoms. The van der Waals surface area contributed by atoms with Crippen LogP contribution in [0.5, 0.6) is 5.75 Å². The van der Waals surface area contributed by atoms with Crippen molar-refractivity contribution in [2.75, 3.05) is 12.4 Å². The normalized spacial score (nSPS) is 13.4. The number of anilines is 1. The monoisotopic (exact) mass is 471 g/mol. The Hall–Kier alpha value is -3.65. The smallest absolute Gasteiger partial charge is 0.237 e. The van der Waals surface area contributed by atoms with Crippen LogP contribution in [0.4, 0.5) is 5.69 Å². The highest BCUT2D eigenvalue weighted by molar-refractivity contribution is 8.00. The molecule has 0 bridgehead atoms. The predicted molar refractivity (Wildman–Crippen MR) is 134 cm³/mol. The Morgan fingerprint density at radius 3 is 2.56 bits per heavy atom. The molecule has 7 nitrogen and oxygen atoms in total. The van der Waals surface area contributed by atoms with Crippen molar-refractivity contribution in [1.82, 2.24) is 19.7 Å². The number of thioether (sulfide) groups is 1. The summed E-state index contributed by atoms with van der Waals surface area (Å²) in [5.41, 5.74) is 5.33. The van der Waals surface area contributed by atoms with Crippen LogP contribution in [0.25, 0.3) is 17.1 Å². The van der Waals surface area contributed by atoms with Crippen LogP contribution in [0, 0.1) is 0 Å². The van der Waals surface area contributed by atoms with Gasteiger partial charge in [0.05, 0.1) is 12.4 Å². The number of amides is 1. The Bertz CT molecular complexity index is 1300. The third-order valence-electron chi connectivity index (χ3n) is 5.92. The average molecular weight is 472 g/mol. The van der Waals surface area contributed by atoms with Crippen molar-refractivity contribution in [3.05, 3.63) is 78.1 Å². The van der Waals surface area contributed by atoms with Gasteiger partial charge in [-0.1, -0.05) is 17.8 Å². The van der Waals surface area contributed by atoms with Gasteiger partial charge in [-0.3, -0.25) is 14.3 Å². The number of fused-ring (bicyclic) bond motifs is 1. The van der Waals surface area contributed by atoms with Gasteiger partial charge in [-0.2, -0.15) is 0 Å². The highest BCUT2D eigenvalue weighted by Gasteiger charge is 2.22. The fourth-order valence-corrected chi connectivity index (χ4v) is 4.97. The molecule has 0 radical (unpaired) electrons. The molecule has 172 valence electrons. The van der Waals surface area contributed by atoms with E-state index >= 15 is 0 Å². The number of hydrogen-bond donors (Lipinski definition) is 1.